The van der Waals surface area contributed by atoms with Gasteiger partial charge >= 0.3 is 17.9 Å². The van der Waals surface area contributed by atoms with Crippen molar-refractivity contribution in [1.82, 2.24) is 5.32 Å². The molecule has 34 heavy (non-hydrogen) atoms. The van der Waals surface area contributed by atoms with Gasteiger partial charge in [0, 0.05) is 11.8 Å². The Kier molecular flexibility index (Phi) is 9.00. The molecule has 0 heterocycles. The summed E-state index contributed by atoms with van der Waals surface area (Å²) in [7, 11) is 1.59. The van der Waals surface area contributed by atoms with Crippen molar-refractivity contribution in [1.29, 1.82) is 0 Å². The van der Waals surface area contributed by atoms with E-state index in [1.54, 1.807) is 34.8 Å². The fraction of sp³-hybridized carbons (Fsp3) is 0.440. The van der Waals surface area contributed by atoms with Gasteiger partial charge in [0.2, 0.25) is 12.7 Å². The first-order valence-electron chi connectivity index (χ1n) is 10.9. The number of hydrogen-bond acceptors (Lipinski definition) is 7. The Morgan fingerprint density at radius 1 is 0.971 bits per heavy atom. The van der Waals surface area contributed by atoms with Crippen LogP contribution in [-0.4, -0.2) is 48.9 Å². The number of amides is 1. The number of ether oxygens (including phenoxy) is 3. The van der Waals surface area contributed by atoms with E-state index in [0.717, 1.165) is 22.1 Å². The molecule has 0 aliphatic rings. The zero-order valence-corrected chi connectivity index (χ0v) is 20.0. The van der Waals surface area contributed by atoms with Crippen LogP contribution in [-0.2, 0) is 28.7 Å². The molecule has 0 aliphatic heterocycles. The number of carboxylic acids is 1. The van der Waals surface area contributed by atoms with Crippen molar-refractivity contribution in [3.63, 3.8) is 0 Å². The molecule has 0 radical (unpaired) electrons. The van der Waals surface area contributed by atoms with E-state index >= 15 is 0 Å². The summed E-state index contributed by atoms with van der Waals surface area (Å²) in [6.45, 7) is 6.01. The van der Waals surface area contributed by atoms with Gasteiger partial charge in [0.25, 0.3) is 0 Å². The first kappa shape index (κ1) is 26.6. The van der Waals surface area contributed by atoms with Gasteiger partial charge in [-0.1, -0.05) is 45.0 Å². The fourth-order valence-corrected chi connectivity index (χ4v) is 3.04. The van der Waals surface area contributed by atoms with Crippen LogP contribution in [0, 0.1) is 5.41 Å². The Bertz CT molecular complexity index is 1060. The lowest BCUT2D eigenvalue weighted by Crippen LogP contribution is -2.46. The molecule has 2 aromatic carbocycles. The van der Waals surface area contributed by atoms with Crippen LogP contribution >= 0.6 is 0 Å². The number of fused-ring (bicyclic) bond motifs is 1. The predicted octanol–water partition coefficient (Wildman–Crippen LogP) is 3.39. The second-order valence-corrected chi connectivity index (χ2v) is 8.95. The molecule has 184 valence electrons. The van der Waals surface area contributed by atoms with Gasteiger partial charge in [-0.05, 0) is 41.8 Å². The van der Waals surface area contributed by atoms with Crippen LogP contribution < -0.4 is 10.1 Å². The molecule has 2 N–H and O–H groups in total. The molecule has 0 aliphatic carbocycles. The van der Waals surface area contributed by atoms with E-state index in [4.69, 9.17) is 19.3 Å². The zero-order chi connectivity index (χ0) is 25.5. The summed E-state index contributed by atoms with van der Waals surface area (Å²) in [6.07, 6.45) is -0.489. The van der Waals surface area contributed by atoms with Gasteiger partial charge in [0.1, 0.15) is 11.8 Å². The minimum Gasteiger partial charge on any atom is -0.497 e. The molecule has 9 heteroatoms. The topological polar surface area (TPSA) is 128 Å². The number of carboxylic acid groups (broad SMARTS) is 1. The van der Waals surface area contributed by atoms with E-state index in [1.807, 2.05) is 36.4 Å². The highest BCUT2D eigenvalue weighted by Gasteiger charge is 2.29. The standard InChI is InChI=1S/C25H31NO8/c1-15(16-6-7-18-13-19(32-5)9-8-17(18)12-16)22(29)33-14-34-23(30)20(10-11-21(27)28)26-24(31)25(2,3)4/h6-9,12-13,15,20H,10-11,14H2,1-5H3,(H,26,31)(H,27,28). The third kappa shape index (κ3) is 7.47. The third-order valence-corrected chi connectivity index (χ3v) is 5.25. The van der Waals surface area contributed by atoms with Crippen LogP contribution in [0.3, 0.4) is 0 Å². The summed E-state index contributed by atoms with van der Waals surface area (Å²) in [4.78, 5) is 48.0. The number of nitrogens with one attached hydrogen (secondary N) is 1. The van der Waals surface area contributed by atoms with E-state index in [1.165, 1.54) is 0 Å². The van der Waals surface area contributed by atoms with Gasteiger partial charge in [-0.3, -0.25) is 14.4 Å². The molecular weight excluding hydrogens is 442 g/mol. The minimum absolute atomic E-state index is 0.151. The van der Waals surface area contributed by atoms with Crippen LogP contribution in [0.5, 0.6) is 5.75 Å². The summed E-state index contributed by atoms with van der Waals surface area (Å²) < 4.78 is 15.3. The predicted molar refractivity (Wildman–Crippen MR) is 124 cm³/mol. The van der Waals surface area contributed by atoms with Crippen molar-refractivity contribution in [2.45, 2.75) is 52.5 Å². The highest BCUT2D eigenvalue weighted by atomic mass is 16.7. The molecular formula is C25H31NO8. The maximum atomic E-state index is 12.5. The van der Waals surface area contributed by atoms with Crippen molar-refractivity contribution < 1.29 is 38.5 Å². The maximum Gasteiger partial charge on any atom is 0.331 e. The molecule has 2 unspecified atom stereocenters. The summed E-state index contributed by atoms with van der Waals surface area (Å²) in [5, 5.41) is 13.3. The molecule has 0 spiro atoms. The van der Waals surface area contributed by atoms with Crippen molar-refractivity contribution in [3.05, 3.63) is 42.0 Å². The Morgan fingerprint density at radius 3 is 2.21 bits per heavy atom. The number of carbonyl (C=O) groups is 4. The van der Waals surface area contributed by atoms with Gasteiger partial charge in [-0.2, -0.15) is 0 Å². The number of hydrogen-bond donors (Lipinski definition) is 2. The lowest BCUT2D eigenvalue weighted by atomic mass is 9.95. The molecule has 2 aromatic rings. The summed E-state index contributed by atoms with van der Waals surface area (Å²) in [6, 6.07) is 9.99. The molecule has 0 aromatic heterocycles. The van der Waals surface area contributed by atoms with Crippen LogP contribution in [0.4, 0.5) is 0 Å². The molecule has 0 saturated heterocycles. The minimum atomic E-state index is -1.17. The van der Waals surface area contributed by atoms with Gasteiger partial charge in [0.05, 0.1) is 13.0 Å². The fourth-order valence-electron chi connectivity index (χ4n) is 3.04. The molecule has 0 bridgehead atoms. The monoisotopic (exact) mass is 473 g/mol. The first-order chi connectivity index (χ1) is 15.9. The second kappa shape index (κ2) is 11.5. The van der Waals surface area contributed by atoms with Crippen molar-refractivity contribution in [2.75, 3.05) is 13.9 Å². The van der Waals surface area contributed by atoms with Gasteiger partial charge in [-0.25, -0.2) is 4.79 Å². The quantitative estimate of drug-likeness (QED) is 0.397. The smallest absolute Gasteiger partial charge is 0.331 e. The van der Waals surface area contributed by atoms with E-state index in [2.05, 4.69) is 5.32 Å². The number of esters is 2. The highest BCUT2D eigenvalue weighted by Crippen LogP contribution is 2.25. The molecule has 0 saturated carbocycles. The molecule has 1 amide bonds. The van der Waals surface area contributed by atoms with Gasteiger partial charge < -0.3 is 24.6 Å². The van der Waals surface area contributed by atoms with Crippen molar-refractivity contribution in [3.8, 4) is 5.75 Å². The number of benzene rings is 2. The van der Waals surface area contributed by atoms with Gasteiger partial charge in [-0.15, -0.1) is 0 Å². The Hall–Kier alpha value is -3.62. The van der Waals surface area contributed by atoms with Crippen molar-refractivity contribution >= 4 is 34.6 Å². The van der Waals surface area contributed by atoms with Crippen LogP contribution in [0.25, 0.3) is 10.8 Å². The first-order valence-corrected chi connectivity index (χ1v) is 10.9. The average Bonchev–Trinajstić information content (AvgIpc) is 2.79. The molecule has 0 fully saturated rings. The van der Waals surface area contributed by atoms with E-state index in [0.29, 0.717) is 0 Å². The van der Waals surface area contributed by atoms with Crippen molar-refractivity contribution in [2.24, 2.45) is 5.41 Å². The Morgan fingerprint density at radius 2 is 1.59 bits per heavy atom. The lowest BCUT2D eigenvalue weighted by molar-refractivity contribution is -0.170. The number of aliphatic carboxylic acids is 1. The summed E-state index contributed by atoms with van der Waals surface area (Å²) in [5.74, 6) is -2.90. The largest absolute Gasteiger partial charge is 0.497 e. The normalized spacial score (nSPS) is 13.0. The van der Waals surface area contributed by atoms with E-state index in [-0.39, 0.29) is 12.8 Å². The summed E-state index contributed by atoms with van der Waals surface area (Å²) >= 11 is 0. The number of carbonyl (C=O) groups excluding carboxylic acids is 3. The molecule has 2 rings (SSSR count). The van der Waals surface area contributed by atoms with E-state index in [9.17, 15) is 19.2 Å². The molecule has 9 nitrogen and oxygen atoms in total. The third-order valence-electron chi connectivity index (χ3n) is 5.25. The average molecular weight is 474 g/mol. The SMILES string of the molecule is COc1ccc2cc(C(C)C(=O)OCOC(=O)C(CCC(=O)O)NC(=O)C(C)(C)C)ccc2c1. The maximum absolute atomic E-state index is 12.5. The van der Waals surface area contributed by atoms with Crippen LogP contribution in [0.1, 0.15) is 52.0 Å². The van der Waals surface area contributed by atoms with E-state index < -0.39 is 48.0 Å². The second-order valence-electron chi connectivity index (χ2n) is 8.95. The lowest BCUT2D eigenvalue weighted by Gasteiger charge is -2.23. The zero-order valence-electron chi connectivity index (χ0n) is 20.0. The number of rotatable bonds is 10. The summed E-state index contributed by atoms with van der Waals surface area (Å²) in [5.41, 5.74) is -0.0555. The Labute approximate surface area is 198 Å². The Balaban J connectivity index is 1.96. The van der Waals surface area contributed by atoms with Crippen LogP contribution in [0.2, 0.25) is 0 Å². The highest BCUT2D eigenvalue weighted by molar-refractivity contribution is 5.88. The van der Waals surface area contributed by atoms with Gasteiger partial charge in [0.15, 0.2) is 0 Å². The molecule has 2 atom stereocenters. The van der Waals surface area contributed by atoms with Crippen LogP contribution in [0.15, 0.2) is 36.4 Å². The number of methoxy groups -OCH3 is 1.